The van der Waals surface area contributed by atoms with Gasteiger partial charge in [-0.3, -0.25) is 14.9 Å². The number of nitrogens with zero attached hydrogens (tertiary/aromatic N) is 1. The first-order valence-corrected chi connectivity index (χ1v) is 25.3. The molecule has 0 amide bonds. The van der Waals surface area contributed by atoms with Crippen LogP contribution in [0.15, 0.2) is 0 Å². The summed E-state index contributed by atoms with van der Waals surface area (Å²) in [6, 6.07) is 0. The lowest BCUT2D eigenvalue weighted by Crippen LogP contribution is -2.46. The van der Waals surface area contributed by atoms with Gasteiger partial charge in [0.2, 0.25) is 0 Å². The molecule has 2 atom stereocenters. The molecule has 0 aromatic carbocycles. The summed E-state index contributed by atoms with van der Waals surface area (Å²) in [7, 11) is 1.50. The van der Waals surface area contributed by atoms with Crippen molar-refractivity contribution in [3.05, 3.63) is 0 Å². The summed E-state index contributed by atoms with van der Waals surface area (Å²) in [5, 5.41) is 3.34. The van der Waals surface area contributed by atoms with Gasteiger partial charge in [-0.2, -0.15) is 0 Å². The number of hydrogen-bond acceptors (Lipinski definition) is 9. The van der Waals surface area contributed by atoms with E-state index in [1.165, 1.54) is 148 Å². The van der Waals surface area contributed by atoms with Gasteiger partial charge in [-0.25, -0.2) is 0 Å². The van der Waals surface area contributed by atoms with Crippen molar-refractivity contribution < 1.29 is 19.1 Å². The van der Waals surface area contributed by atoms with Crippen LogP contribution in [0.2, 0.25) is 0 Å². The van der Waals surface area contributed by atoms with E-state index < -0.39 is 0 Å². The summed E-state index contributed by atoms with van der Waals surface area (Å²) >= 11 is 0. The first-order valence-electron chi connectivity index (χ1n) is 25.3. The van der Waals surface area contributed by atoms with E-state index in [4.69, 9.17) is 20.9 Å². The van der Waals surface area contributed by atoms with E-state index in [-0.39, 0.29) is 30.3 Å². The minimum atomic E-state index is -0.153. The predicted octanol–water partition coefficient (Wildman–Crippen LogP) is 11.9. The molecule has 9 heteroatoms. The first kappa shape index (κ1) is 58.8. The van der Waals surface area contributed by atoms with Crippen molar-refractivity contribution in [2.75, 3.05) is 39.8 Å². The van der Waals surface area contributed by atoms with Crippen molar-refractivity contribution in [1.29, 1.82) is 0 Å². The number of rotatable bonds is 45. The average molecular weight is 826 g/mol. The minimum Gasteiger partial charge on any atom is -0.462 e. The Morgan fingerprint density at radius 1 is 0.483 bits per heavy atom. The molecule has 0 rings (SSSR count). The van der Waals surface area contributed by atoms with E-state index in [1.807, 2.05) is 0 Å². The fraction of sp³-hybridized carbons (Fsp3) is 0.959. The Balaban J connectivity index is 0. The predicted molar refractivity (Wildman–Crippen MR) is 251 cm³/mol. The second kappa shape index (κ2) is 48.4. The molecule has 0 fully saturated rings. The van der Waals surface area contributed by atoms with Gasteiger partial charge in [-0.15, -0.1) is 0 Å². The Morgan fingerprint density at radius 2 is 0.828 bits per heavy atom. The number of carbonyl (C=O) groups excluding carboxylic acids is 2. The topological polar surface area (TPSA) is 146 Å². The van der Waals surface area contributed by atoms with Crippen LogP contribution in [0, 0.1) is 0 Å². The molecule has 2 unspecified atom stereocenters. The Kier molecular flexibility index (Phi) is 49.1. The lowest BCUT2D eigenvalue weighted by Gasteiger charge is -2.23. The van der Waals surface area contributed by atoms with Crippen LogP contribution in [0.4, 0.5) is 0 Å². The zero-order valence-electron chi connectivity index (χ0n) is 39.6. The molecule has 0 aliphatic carbocycles. The second-order valence-electron chi connectivity index (χ2n) is 17.0. The number of nitrogens with one attached hydrogen (secondary N) is 1. The normalized spacial score (nSPS) is 12.4. The Morgan fingerprint density at radius 3 is 1.22 bits per heavy atom. The van der Waals surface area contributed by atoms with Crippen LogP contribution in [0.1, 0.15) is 246 Å². The van der Waals surface area contributed by atoms with Gasteiger partial charge in [0.05, 0.1) is 6.17 Å². The third-order valence-corrected chi connectivity index (χ3v) is 11.5. The smallest absolute Gasteiger partial charge is 0.306 e. The van der Waals surface area contributed by atoms with Crippen LogP contribution in [-0.2, 0) is 19.1 Å². The van der Waals surface area contributed by atoms with E-state index in [0.717, 1.165) is 90.4 Å². The third kappa shape index (κ3) is 42.8. The Bertz CT molecular complexity index is 819. The van der Waals surface area contributed by atoms with Gasteiger partial charge in [-0.1, -0.05) is 163 Å². The largest absolute Gasteiger partial charge is 0.462 e. The summed E-state index contributed by atoms with van der Waals surface area (Å²) in [6.07, 6.45) is 39.3. The number of ether oxygens (including phenoxy) is 2. The highest BCUT2D eigenvalue weighted by molar-refractivity contribution is 5.69. The first-order chi connectivity index (χ1) is 28.4. The summed E-state index contributed by atoms with van der Waals surface area (Å²) in [5.74, 6) is 0.00793. The van der Waals surface area contributed by atoms with Gasteiger partial charge in [0.15, 0.2) is 0 Å². The average Bonchev–Trinajstić information content (AvgIpc) is 3.23. The van der Waals surface area contributed by atoms with Crippen LogP contribution in [0.25, 0.3) is 0 Å². The van der Waals surface area contributed by atoms with Crippen LogP contribution in [-0.4, -0.2) is 75.0 Å². The molecule has 348 valence electrons. The molecule has 0 radical (unpaired) electrons. The van der Waals surface area contributed by atoms with E-state index in [0.29, 0.717) is 19.4 Å². The molecule has 7 N–H and O–H groups in total. The molecule has 58 heavy (non-hydrogen) atoms. The van der Waals surface area contributed by atoms with E-state index >= 15 is 0 Å². The van der Waals surface area contributed by atoms with Gasteiger partial charge < -0.3 is 31.6 Å². The van der Waals surface area contributed by atoms with E-state index in [9.17, 15) is 9.59 Å². The van der Waals surface area contributed by atoms with Crippen molar-refractivity contribution in [1.82, 2.24) is 10.2 Å². The van der Waals surface area contributed by atoms with E-state index in [2.05, 4.69) is 43.6 Å². The molecule has 0 bridgehead atoms. The Labute approximate surface area is 361 Å². The third-order valence-electron chi connectivity index (χ3n) is 11.5. The number of unbranched alkanes of at least 4 members (excludes halogenated alkanes) is 23. The maximum atomic E-state index is 12.8. The fourth-order valence-corrected chi connectivity index (χ4v) is 7.65. The zero-order valence-corrected chi connectivity index (χ0v) is 39.6. The highest BCUT2D eigenvalue weighted by atomic mass is 16.5. The standard InChI is InChI=1S/C48H98N4O4.CH5N/c1-5-9-12-15-20-27-34-44(8-4)55-47(53)37-30-23-18-25-32-40-52(42-39-51-46(50)43-49)41-33-26-19-24-31-38-48(54)56-45(35-28-21-16-13-10-6-2)36-29-22-17-14-11-7-3;1-2/h44-46,51H,5-43,49-50H2,1-4H3;2H2,1H3. The van der Waals surface area contributed by atoms with Crippen molar-refractivity contribution >= 4 is 11.9 Å². The highest BCUT2D eigenvalue weighted by Gasteiger charge is 2.15. The molecule has 0 saturated heterocycles. The lowest BCUT2D eigenvalue weighted by atomic mass is 10.0. The minimum absolute atomic E-state index is 0.0108. The van der Waals surface area contributed by atoms with Crippen LogP contribution < -0.4 is 22.5 Å². The van der Waals surface area contributed by atoms with Crippen molar-refractivity contribution in [3.8, 4) is 0 Å². The molecule has 0 spiro atoms. The molecule has 0 saturated carbocycles. The molecule has 0 heterocycles. The molecule has 9 nitrogen and oxygen atoms in total. The van der Waals surface area contributed by atoms with Gasteiger partial charge in [0.1, 0.15) is 12.2 Å². The van der Waals surface area contributed by atoms with Crippen molar-refractivity contribution in [2.24, 2.45) is 17.2 Å². The maximum Gasteiger partial charge on any atom is 0.306 e. The van der Waals surface area contributed by atoms with Crippen LogP contribution in [0.3, 0.4) is 0 Å². The monoisotopic (exact) mass is 826 g/mol. The SMILES string of the molecule is CCCCCCCCC(CC)OC(=O)CCCCCCCN(CCCCCCCC(=O)OC(CCCCCCCC)CCCCCCCC)CCNC(N)CN.CN. The molecular formula is C49H103N5O4. The van der Waals surface area contributed by atoms with Gasteiger partial charge in [0, 0.05) is 32.5 Å². The van der Waals surface area contributed by atoms with Crippen LogP contribution in [0.5, 0.6) is 0 Å². The van der Waals surface area contributed by atoms with Crippen molar-refractivity contribution in [3.63, 3.8) is 0 Å². The van der Waals surface area contributed by atoms with Gasteiger partial charge in [0.25, 0.3) is 0 Å². The zero-order chi connectivity index (χ0) is 43.2. The molecule has 0 aliphatic heterocycles. The van der Waals surface area contributed by atoms with E-state index in [1.54, 1.807) is 0 Å². The summed E-state index contributed by atoms with van der Waals surface area (Å²) in [4.78, 5) is 27.8. The fourth-order valence-electron chi connectivity index (χ4n) is 7.65. The molecule has 0 aromatic rings. The number of hydrogen-bond donors (Lipinski definition) is 4. The molecule has 0 aliphatic rings. The summed E-state index contributed by atoms with van der Waals surface area (Å²) in [5.41, 5.74) is 16.2. The number of esters is 2. The highest BCUT2D eigenvalue weighted by Crippen LogP contribution is 2.19. The quantitative estimate of drug-likeness (QED) is 0.0268. The van der Waals surface area contributed by atoms with Crippen LogP contribution >= 0.6 is 0 Å². The Hall–Kier alpha value is -1.26. The number of carbonyl (C=O) groups is 2. The second-order valence-corrected chi connectivity index (χ2v) is 17.0. The van der Waals surface area contributed by atoms with Crippen molar-refractivity contribution in [2.45, 2.75) is 264 Å². The summed E-state index contributed by atoms with van der Waals surface area (Å²) < 4.78 is 11.9. The lowest BCUT2D eigenvalue weighted by molar-refractivity contribution is -0.150. The molecular weight excluding hydrogens is 723 g/mol. The van der Waals surface area contributed by atoms with Gasteiger partial charge in [-0.05, 0) is 90.8 Å². The van der Waals surface area contributed by atoms with Gasteiger partial charge >= 0.3 is 11.9 Å². The maximum absolute atomic E-state index is 12.8. The number of nitrogens with two attached hydrogens (primary N) is 3. The molecule has 0 aromatic heterocycles. The summed E-state index contributed by atoms with van der Waals surface area (Å²) in [6.45, 7) is 13.3.